The van der Waals surface area contributed by atoms with Crippen LogP contribution in [-0.4, -0.2) is 30.5 Å². The third kappa shape index (κ3) is 4.53. The number of nitrogens with zero attached hydrogens (tertiary/aromatic N) is 1. The van der Waals surface area contributed by atoms with Gasteiger partial charge < -0.3 is 15.4 Å². The third-order valence-electron chi connectivity index (χ3n) is 3.73. The van der Waals surface area contributed by atoms with Crippen molar-refractivity contribution >= 4 is 5.91 Å². The normalized spacial score (nSPS) is 16.4. The maximum Gasteiger partial charge on any atom is 0.260 e. The Balaban J connectivity index is 1.80. The fourth-order valence-corrected chi connectivity index (χ4v) is 2.45. The van der Waals surface area contributed by atoms with Gasteiger partial charge in [0.2, 0.25) is 0 Å². The predicted octanol–water partition coefficient (Wildman–Crippen LogP) is 2.32. The van der Waals surface area contributed by atoms with Gasteiger partial charge in [-0.05, 0) is 30.5 Å². The van der Waals surface area contributed by atoms with E-state index >= 15 is 0 Å². The van der Waals surface area contributed by atoms with Crippen LogP contribution in [0.15, 0.2) is 24.3 Å². The molecule has 1 aromatic rings. The van der Waals surface area contributed by atoms with Crippen molar-refractivity contribution in [2.45, 2.75) is 38.6 Å². The molecular formula is C16H24N2O2. The molecule has 20 heavy (non-hydrogen) atoms. The minimum Gasteiger partial charge on any atom is -0.484 e. The van der Waals surface area contributed by atoms with Crippen molar-refractivity contribution in [3.63, 3.8) is 0 Å². The lowest BCUT2D eigenvalue weighted by Crippen LogP contribution is -2.37. The van der Waals surface area contributed by atoms with Crippen LogP contribution in [0.3, 0.4) is 0 Å². The van der Waals surface area contributed by atoms with Crippen molar-refractivity contribution in [3.05, 3.63) is 29.8 Å². The first kappa shape index (κ1) is 14.9. The Bertz CT molecular complexity index is 409. The van der Waals surface area contributed by atoms with E-state index in [0.29, 0.717) is 6.54 Å². The van der Waals surface area contributed by atoms with Crippen LogP contribution in [0.5, 0.6) is 5.75 Å². The summed E-state index contributed by atoms with van der Waals surface area (Å²) in [7, 11) is 0. The summed E-state index contributed by atoms with van der Waals surface area (Å²) in [6.07, 6.45) is 5.97. The number of benzene rings is 1. The van der Waals surface area contributed by atoms with Gasteiger partial charge in [-0.3, -0.25) is 4.79 Å². The maximum atomic E-state index is 12.1. The molecule has 110 valence electrons. The molecular weight excluding hydrogens is 252 g/mol. The molecule has 1 fully saturated rings. The first-order valence-corrected chi connectivity index (χ1v) is 7.49. The second kappa shape index (κ2) is 7.90. The van der Waals surface area contributed by atoms with E-state index in [1.807, 2.05) is 29.2 Å². The molecule has 1 aromatic carbocycles. The Kier molecular flexibility index (Phi) is 5.87. The van der Waals surface area contributed by atoms with Gasteiger partial charge >= 0.3 is 0 Å². The second-order valence-electron chi connectivity index (χ2n) is 5.29. The highest BCUT2D eigenvalue weighted by Gasteiger charge is 2.15. The summed E-state index contributed by atoms with van der Waals surface area (Å²) in [5.41, 5.74) is 6.61. The average Bonchev–Trinajstić information content (AvgIpc) is 2.45. The summed E-state index contributed by atoms with van der Waals surface area (Å²) in [6, 6.07) is 7.58. The molecule has 1 aliphatic heterocycles. The van der Waals surface area contributed by atoms with Gasteiger partial charge in [0.1, 0.15) is 5.75 Å². The standard InChI is InChI=1S/C16H24N2O2/c17-12-14-6-8-15(9-7-14)20-13-16(19)18-10-4-2-1-3-5-11-18/h6-9H,1-5,10-13,17H2. The molecule has 0 aliphatic carbocycles. The summed E-state index contributed by atoms with van der Waals surface area (Å²) in [5, 5.41) is 0. The lowest BCUT2D eigenvalue weighted by atomic mass is 10.1. The van der Waals surface area contributed by atoms with Gasteiger partial charge in [0.25, 0.3) is 5.91 Å². The highest BCUT2D eigenvalue weighted by atomic mass is 16.5. The molecule has 0 aromatic heterocycles. The third-order valence-corrected chi connectivity index (χ3v) is 3.73. The molecule has 2 N–H and O–H groups in total. The van der Waals surface area contributed by atoms with Crippen LogP contribution in [0.4, 0.5) is 0 Å². The van der Waals surface area contributed by atoms with Crippen LogP contribution >= 0.6 is 0 Å². The molecule has 0 bridgehead atoms. The molecule has 1 saturated heterocycles. The van der Waals surface area contributed by atoms with Gasteiger partial charge in [0.15, 0.2) is 6.61 Å². The Morgan fingerprint density at radius 2 is 1.65 bits per heavy atom. The zero-order valence-electron chi connectivity index (χ0n) is 12.0. The fourth-order valence-electron chi connectivity index (χ4n) is 2.45. The number of ether oxygens (including phenoxy) is 1. The smallest absolute Gasteiger partial charge is 0.260 e. The molecule has 1 aliphatic rings. The van der Waals surface area contributed by atoms with Crippen molar-refractivity contribution in [2.24, 2.45) is 5.73 Å². The number of likely N-dealkylation sites (tertiary alicyclic amines) is 1. The van der Waals surface area contributed by atoms with Gasteiger partial charge in [-0.2, -0.15) is 0 Å². The number of carbonyl (C=O) groups excluding carboxylic acids is 1. The summed E-state index contributed by atoms with van der Waals surface area (Å²) in [6.45, 7) is 2.39. The van der Waals surface area contributed by atoms with Crippen LogP contribution in [-0.2, 0) is 11.3 Å². The number of amides is 1. The molecule has 1 amide bonds. The van der Waals surface area contributed by atoms with E-state index in [9.17, 15) is 4.79 Å². The highest BCUT2D eigenvalue weighted by molar-refractivity contribution is 5.77. The zero-order valence-corrected chi connectivity index (χ0v) is 12.0. The second-order valence-corrected chi connectivity index (χ2v) is 5.29. The summed E-state index contributed by atoms with van der Waals surface area (Å²) >= 11 is 0. The zero-order chi connectivity index (χ0) is 14.2. The minimum atomic E-state index is 0.0924. The van der Waals surface area contributed by atoms with Crippen LogP contribution in [0.1, 0.15) is 37.7 Å². The molecule has 0 spiro atoms. The SMILES string of the molecule is NCc1ccc(OCC(=O)N2CCCCCCC2)cc1. The first-order chi connectivity index (χ1) is 9.79. The van der Waals surface area contributed by atoms with E-state index in [1.54, 1.807) is 0 Å². The van der Waals surface area contributed by atoms with Crippen LogP contribution < -0.4 is 10.5 Å². The molecule has 0 saturated carbocycles. The minimum absolute atomic E-state index is 0.0924. The van der Waals surface area contributed by atoms with E-state index in [0.717, 1.165) is 37.2 Å². The van der Waals surface area contributed by atoms with Gasteiger partial charge in [0.05, 0.1) is 0 Å². The number of hydrogen-bond acceptors (Lipinski definition) is 3. The number of carbonyl (C=O) groups is 1. The maximum absolute atomic E-state index is 12.1. The predicted molar refractivity (Wildman–Crippen MR) is 79.5 cm³/mol. The quantitative estimate of drug-likeness (QED) is 0.918. The highest BCUT2D eigenvalue weighted by Crippen LogP contribution is 2.13. The van der Waals surface area contributed by atoms with Crippen LogP contribution in [0, 0.1) is 0 Å². The summed E-state index contributed by atoms with van der Waals surface area (Å²) in [4.78, 5) is 14.1. The first-order valence-electron chi connectivity index (χ1n) is 7.49. The fraction of sp³-hybridized carbons (Fsp3) is 0.562. The average molecular weight is 276 g/mol. The molecule has 4 nitrogen and oxygen atoms in total. The Hall–Kier alpha value is -1.55. The van der Waals surface area contributed by atoms with Gasteiger partial charge in [-0.1, -0.05) is 31.4 Å². The van der Waals surface area contributed by atoms with Gasteiger partial charge in [-0.15, -0.1) is 0 Å². The molecule has 2 rings (SSSR count). The molecule has 4 heteroatoms. The van der Waals surface area contributed by atoms with E-state index in [1.165, 1.54) is 19.3 Å². The van der Waals surface area contributed by atoms with E-state index in [-0.39, 0.29) is 12.5 Å². The molecule has 0 unspecified atom stereocenters. The van der Waals surface area contributed by atoms with Crippen molar-refractivity contribution in [3.8, 4) is 5.75 Å². The summed E-state index contributed by atoms with van der Waals surface area (Å²) < 4.78 is 5.56. The summed E-state index contributed by atoms with van der Waals surface area (Å²) in [5.74, 6) is 0.817. The molecule has 0 radical (unpaired) electrons. The van der Waals surface area contributed by atoms with Crippen molar-refractivity contribution < 1.29 is 9.53 Å². The van der Waals surface area contributed by atoms with E-state index in [2.05, 4.69) is 0 Å². The number of rotatable bonds is 4. The Morgan fingerprint density at radius 1 is 1.05 bits per heavy atom. The lowest BCUT2D eigenvalue weighted by Gasteiger charge is -2.24. The van der Waals surface area contributed by atoms with Gasteiger partial charge in [-0.25, -0.2) is 0 Å². The van der Waals surface area contributed by atoms with Crippen molar-refractivity contribution in [2.75, 3.05) is 19.7 Å². The Labute approximate surface area is 120 Å². The van der Waals surface area contributed by atoms with E-state index in [4.69, 9.17) is 10.5 Å². The molecule has 0 atom stereocenters. The molecule has 1 heterocycles. The number of nitrogens with two attached hydrogens (primary N) is 1. The van der Waals surface area contributed by atoms with Crippen molar-refractivity contribution in [1.82, 2.24) is 4.90 Å². The van der Waals surface area contributed by atoms with E-state index < -0.39 is 0 Å². The topological polar surface area (TPSA) is 55.6 Å². The van der Waals surface area contributed by atoms with Crippen LogP contribution in [0.25, 0.3) is 0 Å². The van der Waals surface area contributed by atoms with Gasteiger partial charge in [0, 0.05) is 19.6 Å². The monoisotopic (exact) mass is 276 g/mol. The van der Waals surface area contributed by atoms with Crippen molar-refractivity contribution in [1.29, 1.82) is 0 Å². The number of hydrogen-bond donors (Lipinski definition) is 1. The lowest BCUT2D eigenvalue weighted by molar-refractivity contribution is -0.133. The Morgan fingerprint density at radius 3 is 2.25 bits per heavy atom. The largest absolute Gasteiger partial charge is 0.484 e. The van der Waals surface area contributed by atoms with Crippen LogP contribution in [0.2, 0.25) is 0 Å².